The topological polar surface area (TPSA) is 109 Å². The first-order valence-electron chi connectivity index (χ1n) is 8.83. The molecule has 3 heterocycles. The molecule has 132 valence electrons. The van der Waals surface area contributed by atoms with Crippen LogP contribution >= 0.6 is 0 Å². The van der Waals surface area contributed by atoms with Crippen LogP contribution in [0, 0.1) is 0 Å². The molecule has 0 radical (unpaired) electrons. The van der Waals surface area contributed by atoms with E-state index >= 15 is 0 Å². The predicted octanol–water partition coefficient (Wildman–Crippen LogP) is 2.41. The summed E-state index contributed by atoms with van der Waals surface area (Å²) in [5.74, 6) is 0.856. The van der Waals surface area contributed by atoms with Crippen LogP contribution in [0.2, 0.25) is 0 Å². The lowest BCUT2D eigenvalue weighted by molar-refractivity contribution is 0.112. The molecule has 2 atom stereocenters. The van der Waals surface area contributed by atoms with E-state index in [1.165, 1.54) is 0 Å². The van der Waals surface area contributed by atoms with Gasteiger partial charge in [0.05, 0.1) is 17.5 Å². The van der Waals surface area contributed by atoms with Crippen LogP contribution < -0.4 is 16.8 Å². The maximum absolute atomic E-state index is 6.19. The largest absolute Gasteiger partial charge is 0.397 e. The van der Waals surface area contributed by atoms with Crippen molar-refractivity contribution in [1.29, 1.82) is 0 Å². The van der Waals surface area contributed by atoms with Gasteiger partial charge in [0.2, 0.25) is 0 Å². The molecule has 1 aromatic carbocycles. The molecule has 2 fully saturated rings. The molecule has 2 unspecified atom stereocenters. The van der Waals surface area contributed by atoms with Gasteiger partial charge in [0.1, 0.15) is 5.82 Å². The predicted molar refractivity (Wildman–Crippen MR) is 99.0 cm³/mol. The minimum absolute atomic E-state index is 0.0299. The van der Waals surface area contributed by atoms with E-state index in [2.05, 4.69) is 35.2 Å². The van der Waals surface area contributed by atoms with E-state index in [1.54, 1.807) is 0 Å². The van der Waals surface area contributed by atoms with Gasteiger partial charge >= 0.3 is 0 Å². The molecule has 6 heteroatoms. The molecule has 2 aromatic rings. The van der Waals surface area contributed by atoms with Crippen molar-refractivity contribution < 1.29 is 4.74 Å². The van der Waals surface area contributed by atoms with Crippen molar-refractivity contribution >= 4 is 11.4 Å². The number of nitrogen functional groups attached to an aromatic ring is 2. The van der Waals surface area contributed by atoms with Crippen LogP contribution in [-0.2, 0) is 10.2 Å². The standard InChI is InChI=1S/C19H25N5O/c1-19(2,16-10-22-16)18-23-8-12(9-24-18)11-6-13(15-4-3-5-25-15)17(21)14(20)7-11/h6-9,15-16,22H,3-5,10,20-21H2,1-2H3. The number of anilines is 2. The van der Waals surface area contributed by atoms with Gasteiger partial charge in [0, 0.05) is 48.1 Å². The van der Waals surface area contributed by atoms with Crippen molar-refractivity contribution in [1.82, 2.24) is 15.3 Å². The molecular weight excluding hydrogens is 314 g/mol. The van der Waals surface area contributed by atoms with E-state index < -0.39 is 0 Å². The lowest BCUT2D eigenvalue weighted by atomic mass is 9.88. The Hall–Kier alpha value is -2.18. The number of aromatic nitrogens is 2. The zero-order valence-electron chi connectivity index (χ0n) is 14.7. The maximum Gasteiger partial charge on any atom is 0.135 e. The van der Waals surface area contributed by atoms with Gasteiger partial charge in [-0.15, -0.1) is 0 Å². The lowest BCUT2D eigenvalue weighted by Crippen LogP contribution is -2.29. The van der Waals surface area contributed by atoms with Crippen molar-refractivity contribution in [3.8, 4) is 11.1 Å². The first-order valence-corrected chi connectivity index (χ1v) is 8.83. The summed E-state index contributed by atoms with van der Waals surface area (Å²) in [6.07, 6.45) is 5.80. The monoisotopic (exact) mass is 339 g/mol. The van der Waals surface area contributed by atoms with Gasteiger partial charge in [0.15, 0.2) is 0 Å². The summed E-state index contributed by atoms with van der Waals surface area (Å²) < 4.78 is 5.79. The summed E-state index contributed by atoms with van der Waals surface area (Å²) in [4.78, 5) is 9.23. The number of ether oxygens (including phenoxy) is 1. The second-order valence-corrected chi connectivity index (χ2v) is 7.55. The van der Waals surface area contributed by atoms with Crippen LogP contribution in [0.15, 0.2) is 24.5 Å². The Morgan fingerprint density at radius 2 is 1.88 bits per heavy atom. The van der Waals surface area contributed by atoms with Gasteiger partial charge in [-0.1, -0.05) is 13.8 Å². The number of hydrogen-bond acceptors (Lipinski definition) is 6. The summed E-state index contributed by atoms with van der Waals surface area (Å²) in [5.41, 5.74) is 16.3. The Morgan fingerprint density at radius 3 is 2.48 bits per heavy atom. The van der Waals surface area contributed by atoms with Crippen molar-refractivity contribution in [3.63, 3.8) is 0 Å². The highest BCUT2D eigenvalue weighted by Gasteiger charge is 2.40. The highest BCUT2D eigenvalue weighted by atomic mass is 16.5. The highest BCUT2D eigenvalue weighted by molar-refractivity contribution is 5.77. The van der Waals surface area contributed by atoms with E-state index in [4.69, 9.17) is 16.2 Å². The number of nitrogens with one attached hydrogen (secondary N) is 1. The lowest BCUT2D eigenvalue weighted by Gasteiger charge is -2.21. The summed E-state index contributed by atoms with van der Waals surface area (Å²) in [5, 5.41) is 3.35. The molecule has 25 heavy (non-hydrogen) atoms. The SMILES string of the molecule is CC(C)(c1ncc(-c2cc(N)c(N)c(C3CCCO3)c2)cn1)C1CN1. The smallest absolute Gasteiger partial charge is 0.135 e. The van der Waals surface area contributed by atoms with E-state index in [-0.39, 0.29) is 11.5 Å². The number of nitrogens with zero attached hydrogens (tertiary/aromatic N) is 2. The molecule has 4 rings (SSSR count). The van der Waals surface area contributed by atoms with Crippen LogP contribution in [0.3, 0.4) is 0 Å². The Labute approximate surface area is 148 Å². The van der Waals surface area contributed by atoms with E-state index in [1.807, 2.05) is 18.5 Å². The summed E-state index contributed by atoms with van der Waals surface area (Å²) in [7, 11) is 0. The fourth-order valence-corrected chi connectivity index (χ4v) is 3.49. The molecular formula is C19H25N5O. The second-order valence-electron chi connectivity index (χ2n) is 7.55. The molecule has 2 saturated heterocycles. The molecule has 2 aliphatic rings. The molecule has 2 aliphatic heterocycles. The average Bonchev–Trinajstić information content (AvgIpc) is 3.34. The fourth-order valence-electron chi connectivity index (χ4n) is 3.49. The summed E-state index contributed by atoms with van der Waals surface area (Å²) >= 11 is 0. The first kappa shape index (κ1) is 16.3. The zero-order chi connectivity index (χ0) is 17.6. The fraction of sp³-hybridized carbons (Fsp3) is 0.474. The molecule has 0 aliphatic carbocycles. The third-order valence-corrected chi connectivity index (χ3v) is 5.36. The van der Waals surface area contributed by atoms with Gasteiger partial charge in [-0.05, 0) is 30.5 Å². The van der Waals surface area contributed by atoms with Gasteiger partial charge < -0.3 is 21.5 Å². The van der Waals surface area contributed by atoms with Crippen LogP contribution in [0.4, 0.5) is 11.4 Å². The Bertz CT molecular complexity index is 777. The average molecular weight is 339 g/mol. The zero-order valence-corrected chi connectivity index (χ0v) is 14.7. The van der Waals surface area contributed by atoms with Crippen molar-refractivity contribution in [2.75, 3.05) is 24.6 Å². The third-order valence-electron chi connectivity index (χ3n) is 5.36. The van der Waals surface area contributed by atoms with Gasteiger partial charge in [0.25, 0.3) is 0 Å². The third kappa shape index (κ3) is 2.96. The minimum Gasteiger partial charge on any atom is -0.397 e. The quantitative estimate of drug-likeness (QED) is 0.583. The number of hydrogen-bond donors (Lipinski definition) is 3. The van der Waals surface area contributed by atoms with Crippen molar-refractivity contribution in [3.05, 3.63) is 35.9 Å². The van der Waals surface area contributed by atoms with Gasteiger partial charge in [-0.3, -0.25) is 0 Å². The van der Waals surface area contributed by atoms with Gasteiger partial charge in [-0.2, -0.15) is 0 Å². The molecule has 5 N–H and O–H groups in total. The Kier molecular flexibility index (Phi) is 3.89. The number of rotatable bonds is 4. The normalized spacial score (nSPS) is 23.0. The second kappa shape index (κ2) is 5.97. The Morgan fingerprint density at radius 1 is 1.16 bits per heavy atom. The summed E-state index contributed by atoms with van der Waals surface area (Å²) in [6, 6.07) is 4.41. The van der Waals surface area contributed by atoms with Crippen LogP contribution in [-0.4, -0.2) is 29.2 Å². The van der Waals surface area contributed by atoms with Crippen LogP contribution in [0.25, 0.3) is 11.1 Å². The van der Waals surface area contributed by atoms with E-state index in [0.29, 0.717) is 17.4 Å². The van der Waals surface area contributed by atoms with Gasteiger partial charge in [-0.25, -0.2) is 9.97 Å². The molecule has 0 amide bonds. The van der Waals surface area contributed by atoms with Crippen LogP contribution in [0.5, 0.6) is 0 Å². The van der Waals surface area contributed by atoms with Crippen molar-refractivity contribution in [2.24, 2.45) is 0 Å². The Balaban J connectivity index is 1.67. The number of nitrogens with two attached hydrogens (primary N) is 2. The van der Waals surface area contributed by atoms with Crippen LogP contribution in [0.1, 0.15) is 44.2 Å². The van der Waals surface area contributed by atoms with Crippen molar-refractivity contribution in [2.45, 2.75) is 44.2 Å². The molecule has 0 spiro atoms. The minimum atomic E-state index is -0.0679. The molecule has 0 saturated carbocycles. The highest BCUT2D eigenvalue weighted by Crippen LogP contribution is 2.38. The molecule has 0 bridgehead atoms. The number of benzene rings is 1. The van der Waals surface area contributed by atoms with E-state index in [0.717, 1.165) is 48.5 Å². The first-order chi connectivity index (χ1) is 12.0. The summed E-state index contributed by atoms with van der Waals surface area (Å²) in [6.45, 7) is 6.14. The van der Waals surface area contributed by atoms with E-state index in [9.17, 15) is 0 Å². The molecule has 6 nitrogen and oxygen atoms in total. The maximum atomic E-state index is 6.19. The molecule has 1 aromatic heterocycles.